The Morgan fingerprint density at radius 2 is 0.766 bits per heavy atom. The number of nitrogens with one attached hydrogen (secondary N) is 18. The van der Waals surface area contributed by atoms with E-state index in [1.54, 1.807) is 69.2 Å². The molecule has 0 unspecified atom stereocenters. The molecule has 0 radical (unpaired) electrons. The summed E-state index contributed by atoms with van der Waals surface area (Å²) < 4.78 is 0. The van der Waals surface area contributed by atoms with Crippen molar-refractivity contribution in [3.05, 3.63) is 66.3 Å². The fourth-order valence-corrected chi connectivity index (χ4v) is 12.2. The molecule has 45 heteroatoms. The minimum absolute atomic E-state index is 0.00720. The Labute approximate surface area is 717 Å². The van der Waals surface area contributed by atoms with Gasteiger partial charge in [-0.25, -0.2) is 9.97 Å². The molecule has 2 heterocycles. The number of carbonyl (C=O) groups excluding carboxylic acids is 18. The van der Waals surface area contributed by atoms with Crippen molar-refractivity contribution in [1.82, 2.24) is 105 Å². The van der Waals surface area contributed by atoms with Crippen LogP contribution in [0.4, 0.5) is 0 Å². The first-order valence-electron chi connectivity index (χ1n) is 40.8. The molecule has 27 N–H and O–H groups in total. The number of rotatable bonds is 55. The number of carboxylic acids is 1. The number of amides is 18. The van der Waals surface area contributed by atoms with Crippen LogP contribution in [0.15, 0.2) is 49.3 Å². The Bertz CT molecular complexity index is 4130. The number of aromatic hydroxyl groups is 1. The van der Waals surface area contributed by atoms with Crippen LogP contribution in [0.2, 0.25) is 0 Å². The standard InChI is InChI=1S/C79H125N23O22/c1-15-41(10)64(78(123)100-55(25-40(8)9)77(122)102-65(45(14)103)79(124)95-52(66(82)111)22-37(2)3)101-62(108)34-86-68(113)43(12)91-69(114)44(13)92-73(118)57(28-48-31-84-36-89-48)99-76(121)58(29-59(81)105)93-61(107)33-85-67(112)42(11)90-60(106)32-87-71(116)56(27-47-30-83-35-88-47)98-75(120)54(24-39(6)7)97-74(119)53(23-38(4)5)96-72(117)51(20-21-63(109)110)94-70(115)50(80)26-46-16-18-49(104)19-17-46/h16-19,30-31,35-45,50-58,64-65,103-104H,15,20-29,32-34,80H2,1-14H3,(H2,81,105)(H2,82,111)(H,83,88)(H,84,89)(H,85,112)(H,86,113)(H,87,116)(H,90,106)(H,91,114)(H,92,118)(H,93,107)(H,94,115)(H,95,124)(H,96,117)(H,97,119)(H,98,120)(H,99,121)(H,100,123)(H,101,108)(H,102,122)(H,109,110)/t41-,42-,43-,44-,45+,50-,51-,52-,53-,54-,55-,56+,57-,58-,64-,65-/m0/s1. The van der Waals surface area contributed by atoms with E-state index >= 15 is 0 Å². The van der Waals surface area contributed by atoms with Gasteiger partial charge < -0.3 is 128 Å². The SMILES string of the molecule is CC[C@H](C)[C@H](NC(=O)CNC(=O)[C@H](C)NC(=O)[C@H](C)NC(=O)[C@H](Cc1cnc[nH]1)NC(=O)[C@H](CC(N)=O)NC(=O)CNC(=O)[C@H](C)NC(=O)CNC(=O)[C@@H](Cc1cnc[nH]1)NC(=O)[C@H](CC(C)C)NC(=O)[C@H](CC(C)C)NC(=O)[C@H](CCC(=O)O)NC(=O)[C@@H](N)Cc1ccc(O)cc1)C(=O)N[C@@H](CC(C)C)C(=O)N[C@H](C(=O)N[C@@H](CC(C)C)C(N)=O)[C@@H](C)O. The summed E-state index contributed by atoms with van der Waals surface area (Å²) in [5, 5.41) is 68.9. The fraction of sp³-hybridized carbons (Fsp3) is 0.608. The Kier molecular flexibility index (Phi) is 44.7. The number of hydrogen-bond donors (Lipinski definition) is 24. The molecule has 124 heavy (non-hydrogen) atoms. The first kappa shape index (κ1) is 105. The number of nitrogens with zero attached hydrogens (tertiary/aromatic N) is 2. The zero-order valence-electron chi connectivity index (χ0n) is 72.3. The van der Waals surface area contributed by atoms with Crippen molar-refractivity contribution in [3.8, 4) is 5.75 Å². The number of phenolic OH excluding ortho intramolecular Hbond substituents is 1. The molecule has 0 aliphatic carbocycles. The van der Waals surface area contributed by atoms with Crippen LogP contribution < -0.4 is 102 Å². The van der Waals surface area contributed by atoms with Gasteiger partial charge in [-0.15, -0.1) is 0 Å². The van der Waals surface area contributed by atoms with Crippen molar-refractivity contribution in [2.24, 2.45) is 46.8 Å². The van der Waals surface area contributed by atoms with Crippen LogP contribution in [0.25, 0.3) is 0 Å². The predicted octanol–water partition coefficient (Wildman–Crippen LogP) is -6.26. The van der Waals surface area contributed by atoms with E-state index in [1.165, 1.54) is 77.0 Å². The Morgan fingerprint density at radius 3 is 1.21 bits per heavy atom. The molecule has 18 amide bonds. The number of primary amides is 2. The van der Waals surface area contributed by atoms with Gasteiger partial charge in [0.2, 0.25) is 106 Å². The van der Waals surface area contributed by atoms with E-state index in [2.05, 4.69) is 105 Å². The highest BCUT2D eigenvalue weighted by Crippen LogP contribution is 2.17. The van der Waals surface area contributed by atoms with E-state index in [1.807, 2.05) is 0 Å². The minimum Gasteiger partial charge on any atom is -0.508 e. The lowest BCUT2D eigenvalue weighted by Gasteiger charge is -2.29. The van der Waals surface area contributed by atoms with Crippen molar-refractivity contribution in [2.75, 3.05) is 19.6 Å². The molecule has 0 saturated carbocycles. The molecule has 45 nitrogen and oxygen atoms in total. The maximum absolute atomic E-state index is 14.3. The average Bonchev–Trinajstić information content (AvgIpc) is 1.27. The number of H-pyrrole nitrogens is 2. The zero-order valence-corrected chi connectivity index (χ0v) is 72.3. The smallest absolute Gasteiger partial charge is 0.303 e. The third-order valence-corrected chi connectivity index (χ3v) is 19.1. The van der Waals surface area contributed by atoms with Crippen molar-refractivity contribution >= 4 is 112 Å². The maximum Gasteiger partial charge on any atom is 0.303 e. The third kappa shape index (κ3) is 39.0. The van der Waals surface area contributed by atoms with Crippen LogP contribution in [0.1, 0.15) is 165 Å². The maximum atomic E-state index is 14.3. The molecule has 0 aliphatic heterocycles. The monoisotopic (exact) mass is 1750 g/mol. The molecule has 3 aromatic rings. The summed E-state index contributed by atoms with van der Waals surface area (Å²) in [5.74, 6) is -19.5. The highest BCUT2D eigenvalue weighted by molar-refractivity contribution is 6.01. The van der Waals surface area contributed by atoms with Crippen LogP contribution in [-0.2, 0) is 110 Å². The summed E-state index contributed by atoms with van der Waals surface area (Å²) in [7, 11) is 0. The number of benzene rings is 1. The van der Waals surface area contributed by atoms with Crippen molar-refractivity contribution in [1.29, 1.82) is 0 Å². The van der Waals surface area contributed by atoms with Gasteiger partial charge in [0.05, 0.1) is 50.9 Å². The quantitative estimate of drug-likeness (QED) is 0.0250. The highest BCUT2D eigenvalue weighted by Gasteiger charge is 2.39. The molecule has 0 spiro atoms. The number of nitrogens with two attached hydrogens (primary N) is 3. The summed E-state index contributed by atoms with van der Waals surface area (Å²) in [5.41, 5.74) is 18.3. The van der Waals surface area contributed by atoms with Gasteiger partial charge in [0.25, 0.3) is 0 Å². The van der Waals surface area contributed by atoms with Crippen LogP contribution in [-0.4, -0.2) is 258 Å². The number of carboxylic acid groups (broad SMARTS) is 1. The van der Waals surface area contributed by atoms with Crippen molar-refractivity contribution in [3.63, 3.8) is 0 Å². The Morgan fingerprint density at radius 1 is 0.395 bits per heavy atom. The van der Waals surface area contributed by atoms with Gasteiger partial charge in [0.15, 0.2) is 0 Å². The van der Waals surface area contributed by atoms with E-state index < -0.39 is 248 Å². The molecule has 688 valence electrons. The molecule has 1 aromatic carbocycles. The molecule has 0 aliphatic rings. The van der Waals surface area contributed by atoms with Gasteiger partial charge in [0.1, 0.15) is 84.3 Å². The molecule has 0 saturated heterocycles. The largest absolute Gasteiger partial charge is 0.508 e. The van der Waals surface area contributed by atoms with E-state index in [-0.39, 0.29) is 80.1 Å². The van der Waals surface area contributed by atoms with E-state index in [0.717, 1.165) is 0 Å². The van der Waals surface area contributed by atoms with Crippen LogP contribution in [0.5, 0.6) is 5.75 Å². The van der Waals surface area contributed by atoms with Crippen LogP contribution in [0, 0.1) is 29.6 Å². The van der Waals surface area contributed by atoms with Crippen molar-refractivity contribution in [2.45, 2.75) is 258 Å². The second kappa shape index (κ2) is 52.6. The predicted molar refractivity (Wildman–Crippen MR) is 444 cm³/mol. The minimum atomic E-state index is -1.81. The zero-order chi connectivity index (χ0) is 93.5. The van der Waals surface area contributed by atoms with Gasteiger partial charge in [-0.2, -0.15) is 0 Å². The van der Waals surface area contributed by atoms with Gasteiger partial charge in [-0.1, -0.05) is 87.8 Å². The number of hydrogen-bond acceptors (Lipinski definition) is 24. The molecule has 16 atom stereocenters. The molecule has 3 rings (SSSR count). The number of imidazole rings is 2. The van der Waals surface area contributed by atoms with Crippen LogP contribution in [0.3, 0.4) is 0 Å². The molecule has 0 bridgehead atoms. The first-order chi connectivity index (χ1) is 58.1. The normalized spacial score (nSPS) is 15.1. The second-order valence-electron chi connectivity index (χ2n) is 32.2. The number of aliphatic hydroxyl groups is 1. The topological polar surface area (TPSA) is 713 Å². The van der Waals surface area contributed by atoms with Crippen LogP contribution >= 0.6 is 0 Å². The summed E-state index contributed by atoms with van der Waals surface area (Å²) in [6.07, 6.45) is 1.84. The second-order valence-corrected chi connectivity index (χ2v) is 32.2. The number of aromatic amines is 2. The number of aromatic nitrogens is 4. The van der Waals surface area contributed by atoms with E-state index in [4.69, 9.17) is 17.2 Å². The average molecular weight is 1750 g/mol. The Balaban J connectivity index is 1.65. The van der Waals surface area contributed by atoms with E-state index in [0.29, 0.717) is 17.7 Å². The van der Waals surface area contributed by atoms with Gasteiger partial charge >= 0.3 is 5.97 Å². The highest BCUT2D eigenvalue weighted by atomic mass is 16.4. The molecule has 0 fully saturated rings. The van der Waals surface area contributed by atoms with Gasteiger partial charge in [0, 0.05) is 43.0 Å². The summed E-state index contributed by atoms with van der Waals surface area (Å²) in [6, 6.07) is -14.0. The molecular formula is C79H125N23O22. The molecule has 2 aromatic heterocycles. The van der Waals surface area contributed by atoms with Gasteiger partial charge in [-0.3, -0.25) is 91.1 Å². The number of phenols is 1. The lowest BCUT2D eigenvalue weighted by atomic mass is 9.96. The number of aliphatic hydroxyl groups excluding tert-OH is 1. The summed E-state index contributed by atoms with van der Waals surface area (Å²) in [6.45, 7) is 20.0. The van der Waals surface area contributed by atoms with Gasteiger partial charge in [-0.05, 0) is 114 Å². The summed E-state index contributed by atoms with van der Waals surface area (Å²) >= 11 is 0. The lowest BCUT2D eigenvalue weighted by Crippen LogP contribution is -2.61. The molecular weight excluding hydrogens is 1620 g/mol. The van der Waals surface area contributed by atoms with E-state index in [9.17, 15) is 106 Å². The third-order valence-electron chi connectivity index (χ3n) is 19.1. The number of carbonyl (C=O) groups is 19. The van der Waals surface area contributed by atoms with Crippen molar-refractivity contribution < 1.29 is 106 Å². The fourth-order valence-electron chi connectivity index (χ4n) is 12.2. The Hall–Kier alpha value is -12.7. The first-order valence-corrected chi connectivity index (χ1v) is 40.8. The summed E-state index contributed by atoms with van der Waals surface area (Å²) in [4.78, 5) is 268. The lowest BCUT2D eigenvalue weighted by molar-refractivity contribution is -0.138. The number of aliphatic carboxylic acids is 1.